The predicted molar refractivity (Wildman–Crippen MR) is 99.5 cm³/mol. The van der Waals surface area contributed by atoms with E-state index >= 15 is 0 Å². The first-order chi connectivity index (χ1) is 13.0. The molecule has 0 aliphatic heterocycles. The lowest BCUT2D eigenvalue weighted by atomic mass is 10.1. The second-order valence-electron chi connectivity index (χ2n) is 6.31. The van der Waals surface area contributed by atoms with Gasteiger partial charge in [0.15, 0.2) is 12.0 Å². The molecule has 0 bridgehead atoms. The van der Waals surface area contributed by atoms with Gasteiger partial charge in [-0.3, -0.25) is 4.79 Å². The van der Waals surface area contributed by atoms with Crippen LogP contribution in [-0.2, 0) is 10.1 Å². The van der Waals surface area contributed by atoms with E-state index in [0.717, 1.165) is 13.2 Å². The average molecular weight is 410 g/mol. The fourth-order valence-corrected chi connectivity index (χ4v) is 2.93. The molecule has 0 N–H and O–H groups in total. The van der Waals surface area contributed by atoms with Gasteiger partial charge in [0.1, 0.15) is 23.3 Å². The molecule has 148 valence electrons. The Morgan fingerprint density at radius 3 is 2.32 bits per heavy atom. The monoisotopic (exact) mass is 410 g/mol. The Hall–Kier alpha value is -2.94. The van der Waals surface area contributed by atoms with E-state index in [1.165, 1.54) is 36.6 Å². The lowest BCUT2D eigenvalue weighted by Crippen LogP contribution is -2.20. The van der Waals surface area contributed by atoms with E-state index in [4.69, 9.17) is 13.3 Å². The molecule has 3 rings (SSSR count). The summed E-state index contributed by atoms with van der Waals surface area (Å²) in [5.74, 6) is -2.67. The van der Waals surface area contributed by atoms with Crippen molar-refractivity contribution in [1.82, 2.24) is 0 Å². The van der Waals surface area contributed by atoms with Crippen molar-refractivity contribution in [2.75, 3.05) is 12.9 Å². The fourth-order valence-electron chi connectivity index (χ4n) is 2.48. The Morgan fingerprint density at radius 1 is 1.07 bits per heavy atom. The summed E-state index contributed by atoms with van der Waals surface area (Å²) in [5.41, 5.74) is 0.611. The first kappa shape index (κ1) is 19.8. The smallest absolute Gasteiger partial charge is 0.306 e. The van der Waals surface area contributed by atoms with Crippen LogP contribution in [0.4, 0.5) is 8.78 Å². The Bertz CT molecular complexity index is 1160. The van der Waals surface area contributed by atoms with Gasteiger partial charge in [-0.25, -0.2) is 8.78 Å². The minimum Gasteiger partial charge on any atom is -0.487 e. The van der Waals surface area contributed by atoms with E-state index in [1.54, 1.807) is 12.1 Å². The number of rotatable bonds is 6. The van der Waals surface area contributed by atoms with Gasteiger partial charge >= 0.3 is 10.1 Å². The van der Waals surface area contributed by atoms with E-state index in [1.807, 2.05) is 0 Å². The SMILES string of the molecule is CC(F)(F)COc1ccc(-c2coc3cc(OS(C)(=O)=O)ccc3c2=O)cc1. The van der Waals surface area contributed by atoms with Crippen LogP contribution < -0.4 is 14.3 Å². The third-order valence-corrected chi connectivity index (χ3v) is 4.15. The molecule has 3 aromatic rings. The van der Waals surface area contributed by atoms with E-state index in [2.05, 4.69) is 0 Å². The maximum Gasteiger partial charge on any atom is 0.306 e. The number of hydrogen-bond donors (Lipinski definition) is 0. The van der Waals surface area contributed by atoms with Gasteiger partial charge in [-0.1, -0.05) is 12.1 Å². The third kappa shape index (κ3) is 4.86. The highest BCUT2D eigenvalue weighted by molar-refractivity contribution is 7.86. The van der Waals surface area contributed by atoms with Gasteiger partial charge in [0.05, 0.1) is 17.2 Å². The Labute approximate surface area is 159 Å². The number of ether oxygens (including phenoxy) is 1. The van der Waals surface area contributed by atoms with Crippen LogP contribution in [-0.4, -0.2) is 27.2 Å². The second kappa shape index (κ2) is 7.23. The van der Waals surface area contributed by atoms with Gasteiger partial charge in [-0.2, -0.15) is 8.42 Å². The Balaban J connectivity index is 1.90. The van der Waals surface area contributed by atoms with Crippen molar-refractivity contribution in [2.24, 2.45) is 0 Å². The van der Waals surface area contributed by atoms with Gasteiger partial charge in [0.25, 0.3) is 5.92 Å². The van der Waals surface area contributed by atoms with Crippen molar-refractivity contribution in [3.63, 3.8) is 0 Å². The molecule has 1 aromatic heterocycles. The Kier molecular flexibility index (Phi) is 5.12. The van der Waals surface area contributed by atoms with Crippen LogP contribution in [0.2, 0.25) is 0 Å². The molecule has 0 saturated carbocycles. The van der Waals surface area contributed by atoms with Crippen molar-refractivity contribution in [1.29, 1.82) is 0 Å². The molecule has 9 heteroatoms. The van der Waals surface area contributed by atoms with Crippen molar-refractivity contribution >= 4 is 21.1 Å². The maximum absolute atomic E-state index is 12.9. The van der Waals surface area contributed by atoms with E-state index in [0.29, 0.717) is 5.56 Å². The van der Waals surface area contributed by atoms with Crippen molar-refractivity contribution in [3.8, 4) is 22.6 Å². The molecule has 6 nitrogen and oxygen atoms in total. The molecule has 0 unspecified atom stereocenters. The molecule has 0 aliphatic carbocycles. The summed E-state index contributed by atoms with van der Waals surface area (Å²) in [4.78, 5) is 12.7. The molecule has 0 fully saturated rings. The van der Waals surface area contributed by atoms with Crippen LogP contribution in [0.15, 0.2) is 57.9 Å². The standard InChI is InChI=1S/C19H16F2O6S/c1-19(20,21)11-26-13-5-3-12(4-6-13)16-10-25-17-9-14(27-28(2,23)24)7-8-15(17)18(16)22/h3-10H,11H2,1-2H3. The summed E-state index contributed by atoms with van der Waals surface area (Å²) in [6, 6.07) is 10.1. The number of fused-ring (bicyclic) bond motifs is 1. The topological polar surface area (TPSA) is 82.8 Å². The van der Waals surface area contributed by atoms with Crippen LogP contribution in [0.5, 0.6) is 11.5 Å². The highest BCUT2D eigenvalue weighted by atomic mass is 32.2. The summed E-state index contributed by atoms with van der Waals surface area (Å²) in [6.45, 7) is 0.0103. The summed E-state index contributed by atoms with van der Waals surface area (Å²) >= 11 is 0. The molecule has 0 spiro atoms. The van der Waals surface area contributed by atoms with Gasteiger partial charge in [-0.15, -0.1) is 0 Å². The average Bonchev–Trinajstić information content (AvgIpc) is 2.59. The van der Waals surface area contributed by atoms with Gasteiger partial charge in [0.2, 0.25) is 0 Å². The van der Waals surface area contributed by atoms with E-state index in [9.17, 15) is 22.0 Å². The number of hydrogen-bond acceptors (Lipinski definition) is 6. The third-order valence-electron chi connectivity index (χ3n) is 3.65. The normalized spacial score (nSPS) is 12.1. The van der Waals surface area contributed by atoms with Gasteiger partial charge in [0, 0.05) is 13.0 Å². The molecule has 0 aliphatic rings. The summed E-state index contributed by atoms with van der Waals surface area (Å²) in [5, 5.41) is 0.240. The minimum atomic E-state index is -3.70. The van der Waals surface area contributed by atoms with Crippen molar-refractivity contribution < 1.29 is 30.5 Å². The second-order valence-corrected chi connectivity index (χ2v) is 7.88. The summed E-state index contributed by atoms with van der Waals surface area (Å²) in [7, 11) is -3.70. The summed E-state index contributed by atoms with van der Waals surface area (Å²) in [6.07, 6.45) is 2.15. The highest BCUT2D eigenvalue weighted by Crippen LogP contribution is 2.25. The molecule has 0 radical (unpaired) electrons. The fraction of sp³-hybridized carbons (Fsp3) is 0.211. The molecular formula is C19H16F2O6S. The largest absolute Gasteiger partial charge is 0.487 e. The molecule has 2 aromatic carbocycles. The van der Waals surface area contributed by atoms with Crippen molar-refractivity contribution in [2.45, 2.75) is 12.8 Å². The lowest BCUT2D eigenvalue weighted by Gasteiger charge is -2.12. The van der Waals surface area contributed by atoms with Crippen molar-refractivity contribution in [3.05, 3.63) is 59.0 Å². The molecule has 1 heterocycles. The summed E-state index contributed by atoms with van der Waals surface area (Å²) < 4.78 is 63.3. The zero-order valence-electron chi connectivity index (χ0n) is 14.9. The number of benzene rings is 2. The van der Waals surface area contributed by atoms with E-state index in [-0.39, 0.29) is 33.5 Å². The molecule has 0 saturated heterocycles. The van der Waals surface area contributed by atoms with Crippen LogP contribution >= 0.6 is 0 Å². The number of alkyl halides is 2. The quantitative estimate of drug-likeness (QED) is 0.575. The van der Waals surface area contributed by atoms with Crippen LogP contribution in [0.1, 0.15) is 6.92 Å². The minimum absolute atomic E-state index is 0.0279. The zero-order valence-corrected chi connectivity index (χ0v) is 15.8. The maximum atomic E-state index is 12.9. The first-order valence-corrected chi connectivity index (χ1v) is 9.90. The first-order valence-electron chi connectivity index (χ1n) is 8.08. The highest BCUT2D eigenvalue weighted by Gasteiger charge is 2.22. The molecule has 28 heavy (non-hydrogen) atoms. The van der Waals surface area contributed by atoms with Crippen LogP contribution in [0.3, 0.4) is 0 Å². The predicted octanol–water partition coefficient (Wildman–Crippen LogP) is 3.83. The molecular weight excluding hydrogens is 394 g/mol. The van der Waals surface area contributed by atoms with Gasteiger partial charge in [-0.05, 0) is 29.8 Å². The van der Waals surface area contributed by atoms with Gasteiger partial charge < -0.3 is 13.3 Å². The molecule has 0 amide bonds. The zero-order chi connectivity index (χ0) is 20.5. The molecule has 0 atom stereocenters. The van der Waals surface area contributed by atoms with Crippen LogP contribution in [0.25, 0.3) is 22.1 Å². The Morgan fingerprint density at radius 2 is 1.71 bits per heavy atom. The number of halogens is 2. The van der Waals surface area contributed by atoms with Crippen LogP contribution in [0, 0.1) is 0 Å². The van der Waals surface area contributed by atoms with E-state index < -0.39 is 22.6 Å². The lowest BCUT2D eigenvalue weighted by molar-refractivity contribution is -0.0229.